The summed E-state index contributed by atoms with van der Waals surface area (Å²) < 4.78 is 5.07. The maximum atomic E-state index is 12.2. The molecule has 0 unspecified atom stereocenters. The van der Waals surface area contributed by atoms with Gasteiger partial charge in [-0.3, -0.25) is 14.6 Å². The first-order valence-corrected chi connectivity index (χ1v) is 9.58. The molecule has 2 N–H and O–H groups in total. The number of carbonyl (C=O) groups is 2. The Morgan fingerprint density at radius 2 is 1.90 bits per heavy atom. The Hall–Kier alpha value is -3.16. The Morgan fingerprint density at radius 1 is 1.17 bits per heavy atom. The maximum Gasteiger partial charge on any atom is 0.271 e. The lowest BCUT2D eigenvalue weighted by molar-refractivity contribution is -0.123. The molecular weight excluding hydrogens is 427 g/mol. The third-order valence-electron chi connectivity index (χ3n) is 3.60. The van der Waals surface area contributed by atoms with Crippen LogP contribution in [0.2, 0.25) is 0 Å². The molecule has 156 valence electrons. The quantitative estimate of drug-likeness (QED) is 0.427. The molecule has 30 heavy (non-hydrogen) atoms. The summed E-state index contributed by atoms with van der Waals surface area (Å²) in [6.07, 6.45) is 6.05. The fourth-order valence-corrected chi connectivity index (χ4v) is 2.31. The molecule has 0 saturated carbocycles. The summed E-state index contributed by atoms with van der Waals surface area (Å²) in [5.41, 5.74) is 2.02. The molecule has 1 aromatic carbocycles. The molecule has 0 bridgehead atoms. The Labute approximate surface area is 184 Å². The Balaban J connectivity index is 1.69. The van der Waals surface area contributed by atoms with Crippen molar-refractivity contribution in [3.05, 3.63) is 83.5 Å². The smallest absolute Gasteiger partial charge is 0.271 e. The highest BCUT2D eigenvalue weighted by molar-refractivity contribution is 6.43. The molecule has 0 aliphatic heterocycles. The van der Waals surface area contributed by atoms with E-state index < -0.39 is 0 Å². The van der Waals surface area contributed by atoms with E-state index in [1.54, 1.807) is 6.07 Å². The highest BCUT2D eigenvalue weighted by Crippen LogP contribution is 2.15. The van der Waals surface area contributed by atoms with Crippen molar-refractivity contribution in [2.24, 2.45) is 0 Å². The fourth-order valence-electron chi connectivity index (χ4n) is 2.17. The molecule has 2 amide bonds. The number of para-hydroxylation sites is 2. The van der Waals surface area contributed by atoms with Gasteiger partial charge in [-0.1, -0.05) is 48.5 Å². The van der Waals surface area contributed by atoms with Crippen molar-refractivity contribution in [1.82, 2.24) is 20.6 Å². The second-order valence-electron chi connectivity index (χ2n) is 5.96. The third-order valence-corrected chi connectivity index (χ3v) is 4.26. The van der Waals surface area contributed by atoms with Gasteiger partial charge in [-0.2, -0.15) is 0 Å². The number of rotatable bonds is 10. The first kappa shape index (κ1) is 23.1. The minimum absolute atomic E-state index is 0.204. The first-order chi connectivity index (χ1) is 14.4. The van der Waals surface area contributed by atoms with Gasteiger partial charge in [0.1, 0.15) is 5.69 Å². The number of nitrogens with one attached hydrogen (secondary N) is 2. The van der Waals surface area contributed by atoms with E-state index in [0.29, 0.717) is 23.2 Å². The van der Waals surface area contributed by atoms with E-state index in [9.17, 15) is 9.59 Å². The first-order valence-electron chi connectivity index (χ1n) is 8.83. The number of halogens is 2. The van der Waals surface area contributed by atoms with Crippen LogP contribution >= 0.6 is 23.2 Å². The van der Waals surface area contributed by atoms with Crippen molar-refractivity contribution in [3.8, 4) is 0 Å². The lowest BCUT2D eigenvalue weighted by Gasteiger charge is -2.09. The molecule has 0 saturated heterocycles. The van der Waals surface area contributed by atoms with Gasteiger partial charge in [0.15, 0.2) is 6.61 Å². The molecule has 0 fully saturated rings. The number of allylic oxidation sites excluding steroid dienone is 4. The zero-order valence-electron chi connectivity index (χ0n) is 16.0. The van der Waals surface area contributed by atoms with Crippen LogP contribution < -0.4 is 10.6 Å². The summed E-state index contributed by atoms with van der Waals surface area (Å²) in [5.74, 6) is -0.736. The number of ether oxygens (including phenoxy) is 1. The van der Waals surface area contributed by atoms with Crippen molar-refractivity contribution in [2.75, 3.05) is 13.2 Å². The number of amides is 2. The van der Waals surface area contributed by atoms with E-state index in [-0.39, 0.29) is 40.7 Å². The molecule has 1 aromatic heterocycles. The maximum absolute atomic E-state index is 12.2. The van der Waals surface area contributed by atoms with Crippen LogP contribution in [0.4, 0.5) is 0 Å². The van der Waals surface area contributed by atoms with Crippen LogP contribution in [0, 0.1) is 0 Å². The molecule has 1 heterocycles. The third kappa shape index (κ3) is 7.69. The molecule has 2 rings (SSSR count). The second kappa shape index (κ2) is 11.7. The second-order valence-corrected chi connectivity index (χ2v) is 6.82. The van der Waals surface area contributed by atoms with Crippen LogP contribution in [0.1, 0.15) is 16.9 Å². The van der Waals surface area contributed by atoms with Gasteiger partial charge >= 0.3 is 0 Å². The Morgan fingerprint density at radius 3 is 2.63 bits per heavy atom. The molecule has 0 spiro atoms. The predicted molar refractivity (Wildman–Crippen MR) is 118 cm³/mol. The zero-order chi connectivity index (χ0) is 21.9. The molecular formula is C21H20Cl2N4O3. The Kier molecular flexibility index (Phi) is 9.05. The zero-order valence-corrected chi connectivity index (χ0v) is 17.5. The van der Waals surface area contributed by atoms with E-state index >= 15 is 0 Å². The average molecular weight is 447 g/mol. The number of hydrogen-bond donors (Lipinski definition) is 2. The van der Waals surface area contributed by atoms with Crippen molar-refractivity contribution >= 4 is 46.0 Å². The van der Waals surface area contributed by atoms with Gasteiger partial charge < -0.3 is 15.4 Å². The summed E-state index contributed by atoms with van der Waals surface area (Å²) in [4.78, 5) is 32.5. The number of carbonyl (C=O) groups excluding carboxylic acids is 2. The minimum Gasteiger partial charge on any atom is -0.491 e. The van der Waals surface area contributed by atoms with Crippen LogP contribution in [-0.2, 0) is 9.53 Å². The van der Waals surface area contributed by atoms with E-state index in [2.05, 4.69) is 33.8 Å². The fraction of sp³-hybridized carbons (Fsp3) is 0.143. The summed E-state index contributed by atoms with van der Waals surface area (Å²) in [7, 11) is 0. The van der Waals surface area contributed by atoms with Gasteiger partial charge in [-0.25, -0.2) is 4.98 Å². The summed E-state index contributed by atoms with van der Waals surface area (Å²) in [6, 6.07) is 7.28. The van der Waals surface area contributed by atoms with E-state index in [1.807, 2.05) is 18.2 Å². The van der Waals surface area contributed by atoms with Crippen LogP contribution in [0.15, 0.2) is 77.8 Å². The van der Waals surface area contributed by atoms with Gasteiger partial charge in [-0.05, 0) is 24.3 Å². The molecule has 7 nitrogen and oxygen atoms in total. The molecule has 0 aliphatic rings. The highest BCUT2D eigenvalue weighted by Gasteiger charge is 2.09. The lowest BCUT2D eigenvalue weighted by atomic mass is 10.3. The van der Waals surface area contributed by atoms with E-state index in [1.165, 1.54) is 24.6 Å². The normalized spacial score (nSPS) is 11.3. The van der Waals surface area contributed by atoms with Gasteiger partial charge in [0.25, 0.3) is 11.8 Å². The molecule has 9 heteroatoms. The van der Waals surface area contributed by atoms with Crippen LogP contribution in [0.25, 0.3) is 11.0 Å². The largest absolute Gasteiger partial charge is 0.491 e. The minimum atomic E-state index is -0.381. The molecule has 0 atom stereocenters. The van der Waals surface area contributed by atoms with Crippen LogP contribution in [0.5, 0.6) is 0 Å². The van der Waals surface area contributed by atoms with Crippen molar-refractivity contribution in [3.63, 3.8) is 0 Å². The number of hydrogen-bond acceptors (Lipinski definition) is 5. The average Bonchev–Trinajstić information content (AvgIpc) is 2.72. The summed E-state index contributed by atoms with van der Waals surface area (Å²) in [5, 5.41) is 5.78. The monoisotopic (exact) mass is 446 g/mol. The van der Waals surface area contributed by atoms with E-state index in [4.69, 9.17) is 27.9 Å². The van der Waals surface area contributed by atoms with E-state index in [0.717, 1.165) is 0 Å². The van der Waals surface area contributed by atoms with Gasteiger partial charge in [0.05, 0.1) is 33.6 Å². The van der Waals surface area contributed by atoms with Crippen molar-refractivity contribution in [1.29, 1.82) is 0 Å². The number of fused-ring (bicyclic) bond motifs is 1. The molecule has 0 aliphatic carbocycles. The molecule has 0 radical (unpaired) electrons. The van der Waals surface area contributed by atoms with Crippen LogP contribution in [-0.4, -0.2) is 34.9 Å². The Bertz CT molecular complexity index is 1020. The van der Waals surface area contributed by atoms with Crippen molar-refractivity contribution < 1.29 is 14.3 Å². The summed E-state index contributed by atoms with van der Waals surface area (Å²) >= 11 is 11.3. The van der Waals surface area contributed by atoms with Gasteiger partial charge in [0.2, 0.25) is 0 Å². The van der Waals surface area contributed by atoms with Crippen molar-refractivity contribution in [2.45, 2.75) is 6.42 Å². The number of nitrogens with zero attached hydrogens (tertiary/aromatic N) is 2. The van der Waals surface area contributed by atoms with Crippen LogP contribution in [0.3, 0.4) is 0 Å². The molecule has 2 aromatic rings. The standard InChI is InChI=1S/C21H20Cl2N4O3/c1-14(26-20(28)13-30-11-5-6-16(23)15(2)22)9-10-24-21(29)19-12-25-17-7-3-4-8-18(17)27-19/h3-8,11-12H,1-2,9-10,13H2,(H,24,29)(H,26,28)/b11-5+,16-6+. The number of aromatic nitrogens is 2. The predicted octanol–water partition coefficient (Wildman–Crippen LogP) is 3.79. The SMILES string of the molecule is C=C(CCNC(=O)c1cnc2ccccc2n1)NC(=O)CO/C=C/C=C(/Cl)C(=C)Cl. The van der Waals surface area contributed by atoms with Gasteiger partial charge in [-0.15, -0.1) is 0 Å². The topological polar surface area (TPSA) is 93.2 Å². The van der Waals surface area contributed by atoms with Gasteiger partial charge in [0, 0.05) is 18.7 Å². The highest BCUT2D eigenvalue weighted by atomic mass is 35.5. The lowest BCUT2D eigenvalue weighted by Crippen LogP contribution is -2.30. The number of benzene rings is 1. The summed E-state index contributed by atoms with van der Waals surface area (Å²) in [6.45, 7) is 7.29.